The van der Waals surface area contributed by atoms with Crippen LogP contribution < -0.4 is 5.73 Å². The summed E-state index contributed by atoms with van der Waals surface area (Å²) in [6.07, 6.45) is -3.73. The van der Waals surface area contributed by atoms with Crippen LogP contribution in [0.4, 0.5) is 0 Å². The van der Waals surface area contributed by atoms with Gasteiger partial charge in [-0.15, -0.1) is 0 Å². The Labute approximate surface area is 111 Å². The molecule has 0 amide bonds. The summed E-state index contributed by atoms with van der Waals surface area (Å²) in [5, 5.41) is 9.67. The van der Waals surface area contributed by atoms with E-state index in [0.717, 1.165) is 0 Å². The quantitative estimate of drug-likeness (QED) is 0.632. The van der Waals surface area contributed by atoms with Crippen molar-refractivity contribution < 1.29 is 28.8 Å². The normalized spacial score (nSPS) is 48.6. The zero-order chi connectivity index (χ0) is 14.0. The Kier molecular flexibility index (Phi) is 2.96. The average molecular weight is 275 g/mol. The Balaban J connectivity index is 1.89. The third kappa shape index (κ3) is 2.29. The van der Waals surface area contributed by atoms with Crippen molar-refractivity contribution in [2.45, 2.75) is 76.2 Å². The SMILES string of the molecule is CC1(C)O[C@H]2[C@@H](O1)[C@@H](C(N)O)O[C@@H]1OC(C)(C)O[C@@H]12. The van der Waals surface area contributed by atoms with Gasteiger partial charge in [-0.3, -0.25) is 0 Å². The third-order valence-corrected chi connectivity index (χ3v) is 3.53. The fourth-order valence-corrected chi connectivity index (χ4v) is 2.92. The smallest absolute Gasteiger partial charge is 0.190 e. The van der Waals surface area contributed by atoms with Crippen molar-refractivity contribution in [1.29, 1.82) is 0 Å². The van der Waals surface area contributed by atoms with E-state index in [9.17, 15) is 5.11 Å². The minimum Gasteiger partial charge on any atom is -0.376 e. The summed E-state index contributed by atoms with van der Waals surface area (Å²) in [6, 6.07) is 0. The van der Waals surface area contributed by atoms with Crippen molar-refractivity contribution in [3.05, 3.63) is 0 Å². The molecule has 0 bridgehead atoms. The zero-order valence-electron chi connectivity index (χ0n) is 11.5. The van der Waals surface area contributed by atoms with Gasteiger partial charge in [0.25, 0.3) is 0 Å². The van der Waals surface area contributed by atoms with E-state index in [1.807, 2.05) is 0 Å². The number of ether oxygens (including phenoxy) is 5. The summed E-state index contributed by atoms with van der Waals surface area (Å²) in [5.74, 6) is -1.53. The summed E-state index contributed by atoms with van der Waals surface area (Å²) in [7, 11) is 0. The van der Waals surface area contributed by atoms with Gasteiger partial charge in [-0.2, -0.15) is 0 Å². The second-order valence-electron chi connectivity index (χ2n) is 6.12. The molecule has 0 radical (unpaired) electrons. The van der Waals surface area contributed by atoms with Crippen molar-refractivity contribution >= 4 is 0 Å². The Morgan fingerprint density at radius 1 is 0.895 bits per heavy atom. The van der Waals surface area contributed by atoms with Gasteiger partial charge >= 0.3 is 0 Å². The molecule has 3 fully saturated rings. The first kappa shape index (κ1) is 13.7. The predicted molar refractivity (Wildman–Crippen MR) is 62.7 cm³/mol. The van der Waals surface area contributed by atoms with Gasteiger partial charge < -0.3 is 34.5 Å². The fourth-order valence-electron chi connectivity index (χ4n) is 2.92. The number of hydrogen-bond donors (Lipinski definition) is 2. The molecular formula is C12H21NO6. The number of aliphatic hydroxyl groups excluding tert-OH is 1. The zero-order valence-corrected chi connectivity index (χ0v) is 11.5. The molecule has 0 aromatic carbocycles. The first-order valence-electron chi connectivity index (χ1n) is 6.49. The number of hydrogen-bond acceptors (Lipinski definition) is 7. The highest BCUT2D eigenvalue weighted by molar-refractivity contribution is 5.01. The van der Waals surface area contributed by atoms with Gasteiger partial charge in [-0.1, -0.05) is 0 Å². The Hall–Kier alpha value is -0.280. The summed E-state index contributed by atoms with van der Waals surface area (Å²) >= 11 is 0. The van der Waals surface area contributed by atoms with Crippen LogP contribution in [0.2, 0.25) is 0 Å². The van der Waals surface area contributed by atoms with Gasteiger partial charge in [0.15, 0.2) is 17.9 Å². The van der Waals surface area contributed by atoms with E-state index < -0.39 is 42.4 Å². The lowest BCUT2D eigenvalue weighted by Gasteiger charge is -2.38. The van der Waals surface area contributed by atoms with Crippen molar-refractivity contribution in [2.24, 2.45) is 5.73 Å². The highest BCUT2D eigenvalue weighted by Crippen LogP contribution is 2.44. The van der Waals surface area contributed by atoms with Crippen LogP contribution in [0, 0.1) is 0 Å². The van der Waals surface area contributed by atoms with Crippen LogP contribution >= 0.6 is 0 Å². The number of fused-ring (bicyclic) bond motifs is 3. The lowest BCUT2D eigenvalue weighted by atomic mass is 9.98. The molecule has 3 heterocycles. The van der Waals surface area contributed by atoms with Crippen LogP contribution in [0.5, 0.6) is 0 Å². The first-order valence-corrected chi connectivity index (χ1v) is 6.49. The fraction of sp³-hybridized carbons (Fsp3) is 1.00. The molecule has 0 spiro atoms. The van der Waals surface area contributed by atoms with Crippen molar-refractivity contribution in [2.75, 3.05) is 0 Å². The van der Waals surface area contributed by atoms with E-state index in [1.165, 1.54) is 0 Å². The molecule has 1 unspecified atom stereocenters. The summed E-state index contributed by atoms with van der Waals surface area (Å²) in [5.41, 5.74) is 5.56. The second kappa shape index (κ2) is 4.11. The maximum absolute atomic E-state index is 9.67. The van der Waals surface area contributed by atoms with Crippen molar-refractivity contribution in [1.82, 2.24) is 0 Å². The van der Waals surface area contributed by atoms with Gasteiger partial charge in [-0.25, -0.2) is 0 Å². The topological polar surface area (TPSA) is 92.4 Å². The largest absolute Gasteiger partial charge is 0.376 e. The molecule has 3 N–H and O–H groups in total. The van der Waals surface area contributed by atoms with Gasteiger partial charge in [0, 0.05) is 0 Å². The van der Waals surface area contributed by atoms with Gasteiger partial charge in [0.2, 0.25) is 0 Å². The molecule has 0 aliphatic carbocycles. The number of nitrogens with two attached hydrogens (primary N) is 1. The van der Waals surface area contributed by atoms with Crippen molar-refractivity contribution in [3.8, 4) is 0 Å². The minimum absolute atomic E-state index is 0.376. The second-order valence-corrected chi connectivity index (χ2v) is 6.12. The lowest BCUT2D eigenvalue weighted by Crippen LogP contribution is -2.60. The van der Waals surface area contributed by atoms with E-state index in [4.69, 9.17) is 29.4 Å². The Morgan fingerprint density at radius 3 is 2.05 bits per heavy atom. The molecule has 0 saturated carbocycles. The van der Waals surface area contributed by atoms with Crippen molar-refractivity contribution in [3.63, 3.8) is 0 Å². The van der Waals surface area contributed by atoms with Crippen LogP contribution in [0.1, 0.15) is 27.7 Å². The summed E-state index contributed by atoms with van der Waals surface area (Å²) in [4.78, 5) is 0. The highest BCUT2D eigenvalue weighted by Gasteiger charge is 2.61. The number of rotatable bonds is 1. The maximum atomic E-state index is 9.67. The van der Waals surface area contributed by atoms with E-state index in [2.05, 4.69) is 0 Å². The molecular weight excluding hydrogens is 254 g/mol. The van der Waals surface area contributed by atoms with Crippen LogP contribution in [-0.2, 0) is 23.7 Å². The monoisotopic (exact) mass is 275 g/mol. The van der Waals surface area contributed by atoms with E-state index >= 15 is 0 Å². The molecule has 6 atom stereocenters. The van der Waals surface area contributed by atoms with Crippen LogP contribution in [0.25, 0.3) is 0 Å². The molecule has 110 valence electrons. The molecule has 0 aromatic heterocycles. The van der Waals surface area contributed by atoms with E-state index in [-0.39, 0.29) is 6.10 Å². The average Bonchev–Trinajstić information content (AvgIpc) is 2.70. The van der Waals surface area contributed by atoms with E-state index in [1.54, 1.807) is 27.7 Å². The lowest BCUT2D eigenvalue weighted by molar-refractivity contribution is -0.252. The molecule has 7 heteroatoms. The molecule has 3 rings (SSSR count). The molecule has 3 aliphatic heterocycles. The predicted octanol–water partition coefficient (Wildman–Crippen LogP) is -0.340. The van der Waals surface area contributed by atoms with Gasteiger partial charge in [0.1, 0.15) is 30.6 Å². The maximum Gasteiger partial charge on any atom is 0.190 e. The van der Waals surface area contributed by atoms with Crippen LogP contribution in [0.15, 0.2) is 0 Å². The van der Waals surface area contributed by atoms with Crippen LogP contribution in [0.3, 0.4) is 0 Å². The standard InChI is InChI=1S/C12H21NO6/c1-11(2)16-5-6(17-11)8-10(15-7(5)9(13)14)19-12(3,4)18-8/h5-10,14H,13H2,1-4H3/t5-,6+,7+,8-,9?,10-/m1/s1. The van der Waals surface area contributed by atoms with Gasteiger partial charge in [-0.05, 0) is 27.7 Å². The van der Waals surface area contributed by atoms with Gasteiger partial charge in [0.05, 0.1) is 0 Å². The number of aliphatic hydroxyl groups is 1. The minimum atomic E-state index is -1.17. The molecule has 0 aromatic rings. The van der Waals surface area contributed by atoms with E-state index in [0.29, 0.717) is 0 Å². The summed E-state index contributed by atoms with van der Waals surface area (Å²) in [6.45, 7) is 7.22. The molecule has 3 saturated heterocycles. The first-order chi connectivity index (χ1) is 8.69. The molecule has 3 aliphatic rings. The molecule has 19 heavy (non-hydrogen) atoms. The highest BCUT2D eigenvalue weighted by atomic mass is 16.9. The summed E-state index contributed by atoms with van der Waals surface area (Å²) < 4.78 is 28.8. The molecule has 7 nitrogen and oxygen atoms in total. The third-order valence-electron chi connectivity index (χ3n) is 3.53. The Bertz CT molecular complexity index is 371. The van der Waals surface area contributed by atoms with Crippen LogP contribution in [-0.4, -0.2) is 53.6 Å². The Morgan fingerprint density at radius 2 is 1.42 bits per heavy atom.